The molecule has 0 unspecified atom stereocenters. The molecule has 0 aromatic heterocycles. The zero-order valence-corrected chi connectivity index (χ0v) is 24.4. The van der Waals surface area contributed by atoms with E-state index < -0.39 is 0 Å². The van der Waals surface area contributed by atoms with Crippen molar-refractivity contribution in [3.63, 3.8) is 0 Å². The molecule has 10 rings (SSSR count). The summed E-state index contributed by atoms with van der Waals surface area (Å²) in [6.07, 6.45) is 2.22. The maximum atomic E-state index is 2.43. The first-order chi connectivity index (χ1) is 21.8. The molecule has 0 saturated carbocycles. The van der Waals surface area contributed by atoms with Crippen LogP contribution in [0.5, 0.6) is 0 Å². The first-order valence-corrected chi connectivity index (χ1v) is 15.9. The second-order valence-corrected chi connectivity index (χ2v) is 12.7. The first-order valence-electron chi connectivity index (χ1n) is 15.9. The fourth-order valence-electron chi connectivity index (χ4n) is 8.72. The second kappa shape index (κ2) is 9.15. The minimum atomic E-state index is 0.377. The summed E-state index contributed by atoms with van der Waals surface area (Å²) in [6.45, 7) is 0. The van der Waals surface area contributed by atoms with E-state index in [1.165, 1.54) is 87.6 Å². The summed E-state index contributed by atoms with van der Waals surface area (Å²) in [5, 5.41) is 10.8. The SMILES string of the molecule is c1ccc2c3c(ccc2c1)C(CCC1c2ccc4ccccc4c2-c2c1ccc1ccccc21)c1ccc2ccccc2c1-3. The number of benzene rings is 8. The van der Waals surface area contributed by atoms with Gasteiger partial charge < -0.3 is 0 Å². The smallest absolute Gasteiger partial charge is 0.0102 e. The Hall–Kier alpha value is -5.20. The average molecular weight is 559 g/mol. The van der Waals surface area contributed by atoms with Crippen LogP contribution >= 0.6 is 0 Å². The van der Waals surface area contributed by atoms with Crippen molar-refractivity contribution in [2.24, 2.45) is 0 Å². The number of fused-ring (bicyclic) bond motifs is 14. The van der Waals surface area contributed by atoms with Crippen molar-refractivity contribution in [2.45, 2.75) is 24.7 Å². The minimum absolute atomic E-state index is 0.377. The lowest BCUT2D eigenvalue weighted by Crippen LogP contribution is -2.03. The van der Waals surface area contributed by atoms with Crippen molar-refractivity contribution in [1.29, 1.82) is 0 Å². The zero-order valence-electron chi connectivity index (χ0n) is 24.4. The van der Waals surface area contributed by atoms with E-state index >= 15 is 0 Å². The van der Waals surface area contributed by atoms with Crippen LogP contribution in [-0.4, -0.2) is 0 Å². The van der Waals surface area contributed by atoms with E-state index in [0.717, 1.165) is 12.8 Å². The maximum Gasteiger partial charge on any atom is 0.0102 e. The molecule has 0 aliphatic heterocycles. The summed E-state index contributed by atoms with van der Waals surface area (Å²) in [6, 6.07) is 54.8. The monoisotopic (exact) mass is 558 g/mol. The van der Waals surface area contributed by atoms with Crippen molar-refractivity contribution >= 4 is 43.1 Å². The molecule has 8 aromatic rings. The van der Waals surface area contributed by atoms with E-state index in [4.69, 9.17) is 0 Å². The molecule has 2 aliphatic rings. The van der Waals surface area contributed by atoms with Crippen LogP contribution in [0.4, 0.5) is 0 Å². The Morgan fingerprint density at radius 2 is 0.523 bits per heavy atom. The molecule has 2 aliphatic carbocycles. The van der Waals surface area contributed by atoms with Crippen molar-refractivity contribution in [3.05, 3.63) is 168 Å². The highest BCUT2D eigenvalue weighted by Gasteiger charge is 2.35. The molecule has 8 aromatic carbocycles. The predicted molar refractivity (Wildman–Crippen MR) is 187 cm³/mol. The third-order valence-corrected chi connectivity index (χ3v) is 10.6. The molecule has 44 heavy (non-hydrogen) atoms. The summed E-state index contributed by atoms with van der Waals surface area (Å²) in [4.78, 5) is 0. The normalized spacial score (nSPS) is 13.9. The third-order valence-electron chi connectivity index (χ3n) is 10.6. The molecule has 0 atom stereocenters. The molecule has 0 heterocycles. The quantitative estimate of drug-likeness (QED) is 0.202. The molecule has 206 valence electrons. The Balaban J connectivity index is 1.16. The molecule has 0 nitrogen and oxygen atoms in total. The van der Waals surface area contributed by atoms with Gasteiger partial charge in [-0.25, -0.2) is 0 Å². The highest BCUT2D eigenvalue weighted by molar-refractivity contribution is 6.11. The van der Waals surface area contributed by atoms with Crippen molar-refractivity contribution in [2.75, 3.05) is 0 Å². The first kappa shape index (κ1) is 24.3. The van der Waals surface area contributed by atoms with Crippen molar-refractivity contribution in [1.82, 2.24) is 0 Å². The molecule has 0 saturated heterocycles. The lowest BCUT2D eigenvalue weighted by molar-refractivity contribution is 0.626. The van der Waals surface area contributed by atoms with Gasteiger partial charge in [0, 0.05) is 11.8 Å². The van der Waals surface area contributed by atoms with Crippen molar-refractivity contribution in [3.8, 4) is 22.3 Å². The van der Waals surface area contributed by atoms with Crippen LogP contribution in [0.3, 0.4) is 0 Å². The van der Waals surface area contributed by atoms with Gasteiger partial charge in [0.2, 0.25) is 0 Å². The van der Waals surface area contributed by atoms with Crippen LogP contribution in [0.25, 0.3) is 65.3 Å². The molecule has 0 amide bonds. The van der Waals surface area contributed by atoms with E-state index in [9.17, 15) is 0 Å². The van der Waals surface area contributed by atoms with E-state index in [0.29, 0.717) is 11.8 Å². The fourth-order valence-corrected chi connectivity index (χ4v) is 8.72. The summed E-state index contributed by atoms with van der Waals surface area (Å²) in [5.41, 5.74) is 11.8. The highest BCUT2D eigenvalue weighted by atomic mass is 14.4. The van der Waals surface area contributed by atoms with Gasteiger partial charge >= 0.3 is 0 Å². The Labute approximate surface area is 257 Å². The van der Waals surface area contributed by atoms with Gasteiger partial charge in [0.05, 0.1) is 0 Å². The molecule has 0 N–H and O–H groups in total. The van der Waals surface area contributed by atoms with Gasteiger partial charge in [-0.15, -0.1) is 0 Å². The van der Waals surface area contributed by atoms with E-state index in [2.05, 4.69) is 146 Å². The minimum Gasteiger partial charge on any atom is -0.0616 e. The summed E-state index contributed by atoms with van der Waals surface area (Å²) in [7, 11) is 0. The molecular formula is C44H30. The molecule has 0 fully saturated rings. The lowest BCUT2D eigenvalue weighted by Gasteiger charge is -2.19. The van der Waals surface area contributed by atoms with Gasteiger partial charge in [0.15, 0.2) is 0 Å². The molecule has 0 bridgehead atoms. The van der Waals surface area contributed by atoms with Gasteiger partial charge in [0.25, 0.3) is 0 Å². The van der Waals surface area contributed by atoms with E-state index in [1.54, 1.807) is 0 Å². The average Bonchev–Trinajstić information content (AvgIpc) is 3.60. The Morgan fingerprint density at radius 3 is 0.795 bits per heavy atom. The van der Waals surface area contributed by atoms with Crippen LogP contribution < -0.4 is 0 Å². The maximum absolute atomic E-state index is 2.43. The van der Waals surface area contributed by atoms with Gasteiger partial charge in [-0.2, -0.15) is 0 Å². The van der Waals surface area contributed by atoms with Crippen molar-refractivity contribution < 1.29 is 0 Å². The topological polar surface area (TPSA) is 0 Å². The van der Waals surface area contributed by atoms with Crippen LogP contribution in [0, 0.1) is 0 Å². The van der Waals surface area contributed by atoms with Crippen LogP contribution in [0.1, 0.15) is 46.9 Å². The number of hydrogen-bond acceptors (Lipinski definition) is 0. The summed E-state index contributed by atoms with van der Waals surface area (Å²) < 4.78 is 0. The Kier molecular flexibility index (Phi) is 5.05. The molecule has 0 heteroatoms. The molecular weight excluding hydrogens is 528 g/mol. The van der Waals surface area contributed by atoms with Crippen LogP contribution in [-0.2, 0) is 0 Å². The third kappa shape index (κ3) is 3.29. The van der Waals surface area contributed by atoms with Crippen LogP contribution in [0.15, 0.2) is 146 Å². The van der Waals surface area contributed by atoms with E-state index in [1.807, 2.05) is 0 Å². The zero-order chi connectivity index (χ0) is 28.8. The Morgan fingerprint density at radius 1 is 0.273 bits per heavy atom. The number of hydrogen-bond donors (Lipinski definition) is 0. The largest absolute Gasteiger partial charge is 0.0616 e. The fraction of sp³-hybridized carbons (Fsp3) is 0.0909. The van der Waals surface area contributed by atoms with Crippen LogP contribution in [0.2, 0.25) is 0 Å². The van der Waals surface area contributed by atoms with Gasteiger partial charge in [-0.3, -0.25) is 0 Å². The highest BCUT2D eigenvalue weighted by Crippen LogP contribution is 2.56. The lowest BCUT2D eigenvalue weighted by atomic mass is 9.84. The van der Waals surface area contributed by atoms with Gasteiger partial charge in [-0.1, -0.05) is 146 Å². The van der Waals surface area contributed by atoms with E-state index in [-0.39, 0.29) is 0 Å². The van der Waals surface area contributed by atoms with Gasteiger partial charge in [-0.05, 0) is 100 Å². The molecule has 0 spiro atoms. The number of rotatable bonds is 3. The standard InChI is InChI=1S/C44H30/c1-5-13-31-27(9-1)17-21-37-35(38-22-18-28-10-2-6-14-32(28)42(38)41(31)37)25-26-36-39-23-19-29-11-3-7-15-33(29)43(39)44-34-16-8-4-12-30(34)20-24-40(36)44/h1-24,35-36H,25-26H2. The predicted octanol–water partition coefficient (Wildman–Crippen LogP) is 12.0. The summed E-state index contributed by atoms with van der Waals surface area (Å²) in [5.74, 6) is 0.755. The molecule has 0 radical (unpaired) electrons. The second-order valence-electron chi connectivity index (χ2n) is 12.7. The summed E-state index contributed by atoms with van der Waals surface area (Å²) >= 11 is 0. The van der Waals surface area contributed by atoms with Gasteiger partial charge in [0.1, 0.15) is 0 Å². The Bertz CT molecular complexity index is 2120.